The van der Waals surface area contributed by atoms with Crippen molar-refractivity contribution in [2.75, 3.05) is 0 Å². The lowest BCUT2D eigenvalue weighted by Gasteiger charge is -2.11. The first-order valence-electron chi connectivity index (χ1n) is 6.23. The number of hydrogen-bond donors (Lipinski definition) is 1. The van der Waals surface area contributed by atoms with E-state index in [9.17, 15) is 4.39 Å². The molecular weight excluding hydrogens is 341 g/mol. The smallest absolute Gasteiger partial charge is 0.131 e. The number of hydrogen-bond acceptors (Lipinski definition) is 4. The van der Waals surface area contributed by atoms with Crippen LogP contribution in [0.4, 0.5) is 4.39 Å². The molecule has 1 heterocycles. The molecule has 112 valence electrons. The second-order valence-electron chi connectivity index (χ2n) is 4.58. The lowest BCUT2D eigenvalue weighted by molar-refractivity contribution is 0.292. The molecule has 0 radical (unpaired) electrons. The van der Waals surface area contributed by atoms with Crippen molar-refractivity contribution < 1.29 is 14.3 Å². The summed E-state index contributed by atoms with van der Waals surface area (Å²) < 4.78 is 21.6. The van der Waals surface area contributed by atoms with Gasteiger partial charge in [0.2, 0.25) is 0 Å². The largest absolute Gasteiger partial charge is 0.487 e. The minimum absolute atomic E-state index is 0.259. The molecular formula is C14H15BrFN3O2. The summed E-state index contributed by atoms with van der Waals surface area (Å²) in [6, 6.07) is 4.08. The van der Waals surface area contributed by atoms with Gasteiger partial charge in [0, 0.05) is 12.6 Å². The first kappa shape index (κ1) is 15.5. The number of nitrogens with zero attached hydrogens (tertiary/aromatic N) is 3. The molecule has 2 rings (SSSR count). The van der Waals surface area contributed by atoms with Crippen molar-refractivity contribution in [3.63, 3.8) is 0 Å². The lowest BCUT2D eigenvalue weighted by Crippen LogP contribution is -2.07. The second kappa shape index (κ2) is 6.26. The molecule has 0 saturated heterocycles. The molecule has 5 nitrogen and oxygen atoms in total. The standard InChI is InChI=1S/C14H15BrFN3O2/c1-8(18-20)11-6-10(16)4-5-13(11)21-7-12-14(15)9(2)17-19(12)3/h4-6,20H,7H2,1-3H3/b18-8-. The summed E-state index contributed by atoms with van der Waals surface area (Å²) in [5, 5.41) is 16.2. The fourth-order valence-corrected chi connectivity index (χ4v) is 2.40. The highest BCUT2D eigenvalue weighted by Crippen LogP contribution is 2.25. The molecule has 7 heteroatoms. The zero-order chi connectivity index (χ0) is 15.6. The van der Waals surface area contributed by atoms with Gasteiger partial charge in [0.05, 0.1) is 21.6 Å². The van der Waals surface area contributed by atoms with Crippen molar-refractivity contribution in [3.8, 4) is 5.75 Å². The molecule has 0 bridgehead atoms. The topological polar surface area (TPSA) is 59.6 Å². The zero-order valence-corrected chi connectivity index (χ0v) is 13.5. The molecule has 0 aliphatic carbocycles. The van der Waals surface area contributed by atoms with Gasteiger partial charge in [-0.05, 0) is 48.0 Å². The molecule has 0 amide bonds. The minimum atomic E-state index is -0.419. The van der Waals surface area contributed by atoms with Crippen molar-refractivity contribution in [2.45, 2.75) is 20.5 Å². The van der Waals surface area contributed by atoms with Crippen LogP contribution in [-0.2, 0) is 13.7 Å². The Morgan fingerprint density at radius 3 is 2.81 bits per heavy atom. The van der Waals surface area contributed by atoms with E-state index in [1.54, 1.807) is 11.6 Å². The SMILES string of the molecule is C/C(=N/O)c1cc(F)ccc1OCc1c(Br)c(C)nn1C. The first-order valence-corrected chi connectivity index (χ1v) is 7.02. The average Bonchev–Trinajstić information content (AvgIpc) is 2.70. The summed E-state index contributed by atoms with van der Waals surface area (Å²) in [5.74, 6) is 0.0235. The van der Waals surface area contributed by atoms with Crippen LogP contribution in [0.2, 0.25) is 0 Å². The quantitative estimate of drug-likeness (QED) is 0.519. The van der Waals surface area contributed by atoms with Crippen molar-refractivity contribution in [2.24, 2.45) is 12.2 Å². The van der Waals surface area contributed by atoms with E-state index in [0.717, 1.165) is 15.9 Å². The molecule has 1 aromatic heterocycles. The van der Waals surface area contributed by atoms with E-state index < -0.39 is 5.82 Å². The van der Waals surface area contributed by atoms with Gasteiger partial charge in [0.1, 0.15) is 18.2 Å². The van der Waals surface area contributed by atoms with E-state index in [0.29, 0.717) is 11.3 Å². The van der Waals surface area contributed by atoms with E-state index >= 15 is 0 Å². The maximum absolute atomic E-state index is 13.3. The molecule has 0 spiro atoms. The fourth-order valence-electron chi connectivity index (χ4n) is 1.95. The van der Waals surface area contributed by atoms with Crippen LogP contribution in [0.25, 0.3) is 0 Å². The van der Waals surface area contributed by atoms with Crippen molar-refractivity contribution >= 4 is 21.6 Å². The van der Waals surface area contributed by atoms with Crippen molar-refractivity contribution in [1.29, 1.82) is 0 Å². The summed E-state index contributed by atoms with van der Waals surface area (Å²) in [6.07, 6.45) is 0. The maximum Gasteiger partial charge on any atom is 0.131 e. The molecule has 0 saturated carbocycles. The van der Waals surface area contributed by atoms with Gasteiger partial charge >= 0.3 is 0 Å². The molecule has 0 unspecified atom stereocenters. The Balaban J connectivity index is 2.28. The predicted molar refractivity (Wildman–Crippen MR) is 80.4 cm³/mol. The van der Waals surface area contributed by atoms with E-state index in [-0.39, 0.29) is 12.3 Å². The Bertz CT molecular complexity index is 698. The van der Waals surface area contributed by atoms with Crippen molar-refractivity contribution in [1.82, 2.24) is 9.78 Å². The zero-order valence-electron chi connectivity index (χ0n) is 11.9. The number of aromatic nitrogens is 2. The molecule has 0 aliphatic heterocycles. The maximum atomic E-state index is 13.3. The van der Waals surface area contributed by atoms with E-state index in [2.05, 4.69) is 26.2 Å². The molecule has 1 N–H and O–H groups in total. The molecule has 2 aromatic rings. The third-order valence-electron chi connectivity index (χ3n) is 3.11. The van der Waals surface area contributed by atoms with Crippen LogP contribution in [0.1, 0.15) is 23.9 Å². The van der Waals surface area contributed by atoms with Gasteiger partial charge in [0.15, 0.2) is 0 Å². The number of halogens is 2. The number of benzene rings is 1. The Kier molecular flexibility index (Phi) is 4.62. The molecule has 21 heavy (non-hydrogen) atoms. The minimum Gasteiger partial charge on any atom is -0.487 e. The highest BCUT2D eigenvalue weighted by atomic mass is 79.9. The van der Waals surface area contributed by atoms with Crippen LogP contribution < -0.4 is 4.74 Å². The van der Waals surface area contributed by atoms with E-state index in [1.165, 1.54) is 18.2 Å². The molecule has 0 aliphatic rings. The third-order valence-corrected chi connectivity index (χ3v) is 4.14. The van der Waals surface area contributed by atoms with Gasteiger partial charge in [-0.15, -0.1) is 0 Å². The number of rotatable bonds is 4. The van der Waals surface area contributed by atoms with Crippen LogP contribution >= 0.6 is 15.9 Å². The molecule has 0 fully saturated rings. The average molecular weight is 356 g/mol. The monoisotopic (exact) mass is 355 g/mol. The third kappa shape index (κ3) is 3.24. The Morgan fingerprint density at radius 1 is 1.52 bits per heavy atom. The van der Waals surface area contributed by atoms with Crippen LogP contribution in [-0.4, -0.2) is 20.7 Å². The number of oxime groups is 1. The second-order valence-corrected chi connectivity index (χ2v) is 5.38. The van der Waals surface area contributed by atoms with Gasteiger partial charge in [0.25, 0.3) is 0 Å². The number of ether oxygens (including phenoxy) is 1. The van der Waals surface area contributed by atoms with Crippen molar-refractivity contribution in [3.05, 3.63) is 45.4 Å². The van der Waals surface area contributed by atoms with Gasteiger partial charge in [-0.2, -0.15) is 5.10 Å². The summed E-state index contributed by atoms with van der Waals surface area (Å²) >= 11 is 3.46. The molecule has 0 atom stereocenters. The van der Waals surface area contributed by atoms with Crippen LogP contribution in [0.5, 0.6) is 5.75 Å². The number of aryl methyl sites for hydroxylation is 2. The summed E-state index contributed by atoms with van der Waals surface area (Å²) in [4.78, 5) is 0. The molecule has 1 aromatic carbocycles. The fraction of sp³-hybridized carbons (Fsp3) is 0.286. The highest BCUT2D eigenvalue weighted by Gasteiger charge is 2.14. The summed E-state index contributed by atoms with van der Waals surface area (Å²) in [7, 11) is 1.82. The Morgan fingerprint density at radius 2 is 2.24 bits per heavy atom. The Hall–Kier alpha value is -1.89. The highest BCUT2D eigenvalue weighted by molar-refractivity contribution is 9.10. The summed E-state index contributed by atoms with van der Waals surface area (Å²) in [5.41, 5.74) is 2.42. The van der Waals surface area contributed by atoms with Crippen LogP contribution in [0.3, 0.4) is 0 Å². The van der Waals surface area contributed by atoms with Gasteiger partial charge in [-0.3, -0.25) is 4.68 Å². The van der Waals surface area contributed by atoms with E-state index in [4.69, 9.17) is 9.94 Å². The first-order chi connectivity index (χ1) is 9.93. The summed E-state index contributed by atoms with van der Waals surface area (Å²) in [6.45, 7) is 3.72. The predicted octanol–water partition coefficient (Wildman–Crippen LogP) is 3.41. The van der Waals surface area contributed by atoms with Gasteiger partial charge in [-0.1, -0.05) is 5.16 Å². The van der Waals surface area contributed by atoms with Crippen LogP contribution in [0.15, 0.2) is 27.8 Å². The van der Waals surface area contributed by atoms with E-state index in [1.807, 2.05) is 14.0 Å². The van der Waals surface area contributed by atoms with Gasteiger partial charge in [-0.25, -0.2) is 4.39 Å². The van der Waals surface area contributed by atoms with Crippen LogP contribution in [0, 0.1) is 12.7 Å². The Labute approximate surface area is 130 Å². The lowest BCUT2D eigenvalue weighted by atomic mass is 10.1. The normalized spacial score (nSPS) is 11.8. The van der Waals surface area contributed by atoms with Gasteiger partial charge < -0.3 is 9.94 Å².